The largest absolute Gasteiger partial charge is 0.449 e. The van der Waals surface area contributed by atoms with Gasteiger partial charge in [0, 0.05) is 49.3 Å². The van der Waals surface area contributed by atoms with Crippen LogP contribution in [0.5, 0.6) is 0 Å². The van der Waals surface area contributed by atoms with Crippen LogP contribution in [0.1, 0.15) is 87.3 Å². The standard InChI is InChI=1S/C38H48N4O8S2/c1-6-31(44)50-38(34(46)51-35(47)41(4)5)14-12-28-27-11-10-24-17-29-23(18-36(24,2)32(27)30(43)19-37(28,38)3)20-39-42(29)26-9-7-8-22(16-26)33(45)40-25-13-15-52(48,49)21-25/h7-9,16-17,20,25,27-28,30,32,43H,6,10-15,18-19,21H2,1-5H3,(H,40,45)/t25?,27-,28-,30-,32+,36-,37-,38-/m0/s1. The van der Waals surface area contributed by atoms with Crippen molar-refractivity contribution in [2.24, 2.45) is 28.6 Å². The van der Waals surface area contributed by atoms with Crippen LogP contribution in [0.2, 0.25) is 0 Å². The number of sulfone groups is 1. The number of hydrogen-bond acceptors (Lipinski definition) is 10. The third-order valence-corrected chi connectivity index (χ3v) is 15.7. The Kier molecular flexibility index (Phi) is 9.30. The maximum absolute atomic E-state index is 14.1. The number of carbonyl (C=O) groups is 4. The van der Waals surface area contributed by atoms with Crippen molar-refractivity contribution in [2.45, 2.75) is 89.9 Å². The second-order valence-electron chi connectivity index (χ2n) is 16.1. The lowest BCUT2D eigenvalue weighted by atomic mass is 9.45. The predicted octanol–water partition coefficient (Wildman–Crippen LogP) is 4.58. The zero-order valence-corrected chi connectivity index (χ0v) is 32.0. The molecule has 2 aromatic rings. The number of fused-ring (bicyclic) bond motifs is 6. The fourth-order valence-corrected chi connectivity index (χ4v) is 13.0. The third kappa shape index (κ3) is 5.92. The van der Waals surface area contributed by atoms with Crippen LogP contribution in [0.15, 0.2) is 36.0 Å². The number of nitrogens with zero attached hydrogens (tertiary/aromatic N) is 3. The van der Waals surface area contributed by atoms with Crippen LogP contribution >= 0.6 is 11.8 Å². The molecule has 0 radical (unpaired) electrons. The summed E-state index contributed by atoms with van der Waals surface area (Å²) < 4.78 is 31.8. The van der Waals surface area contributed by atoms with Crippen molar-refractivity contribution in [3.63, 3.8) is 0 Å². The summed E-state index contributed by atoms with van der Waals surface area (Å²) in [4.78, 5) is 54.1. The van der Waals surface area contributed by atoms with Crippen molar-refractivity contribution < 1.29 is 37.4 Å². The number of aliphatic hydroxyl groups is 1. The molecule has 4 fully saturated rings. The maximum Gasteiger partial charge on any atom is 0.306 e. The molecule has 1 aromatic carbocycles. The van der Waals surface area contributed by atoms with Crippen molar-refractivity contribution in [3.8, 4) is 5.69 Å². The van der Waals surface area contributed by atoms with E-state index in [0.717, 1.165) is 29.8 Å². The van der Waals surface area contributed by atoms with E-state index in [1.54, 1.807) is 39.2 Å². The highest BCUT2D eigenvalue weighted by atomic mass is 32.2. The number of nitrogens with one attached hydrogen (secondary N) is 1. The number of aliphatic hydroxyl groups excluding tert-OH is 1. The summed E-state index contributed by atoms with van der Waals surface area (Å²) in [5.41, 5.74) is 1.60. The molecule has 0 bridgehead atoms. The lowest BCUT2D eigenvalue weighted by molar-refractivity contribution is -0.196. The molecule has 8 atom stereocenters. The van der Waals surface area contributed by atoms with Crippen LogP contribution in [0.25, 0.3) is 11.8 Å². The molecular formula is C38H48N4O8S2. The Morgan fingerprint density at radius 1 is 1.15 bits per heavy atom. The summed E-state index contributed by atoms with van der Waals surface area (Å²) in [6, 6.07) is 6.76. The average molecular weight is 753 g/mol. The highest BCUT2D eigenvalue weighted by molar-refractivity contribution is 8.26. The van der Waals surface area contributed by atoms with Crippen LogP contribution in [-0.2, 0) is 30.6 Å². The molecule has 280 valence electrons. The summed E-state index contributed by atoms with van der Waals surface area (Å²) in [5.74, 6) is -0.799. The Morgan fingerprint density at radius 2 is 1.92 bits per heavy atom. The minimum Gasteiger partial charge on any atom is -0.449 e. The number of ether oxygens (including phenoxy) is 1. The topological polar surface area (TPSA) is 165 Å². The van der Waals surface area contributed by atoms with E-state index in [-0.39, 0.29) is 53.4 Å². The summed E-state index contributed by atoms with van der Waals surface area (Å²) in [7, 11) is 0.0387. The molecule has 3 saturated carbocycles. The van der Waals surface area contributed by atoms with Crippen LogP contribution in [0, 0.1) is 28.6 Å². The van der Waals surface area contributed by atoms with E-state index in [2.05, 4.69) is 18.3 Å². The number of thioether (sulfide) groups is 1. The zero-order chi connectivity index (χ0) is 37.4. The van der Waals surface area contributed by atoms with Crippen LogP contribution < -0.4 is 5.32 Å². The van der Waals surface area contributed by atoms with Crippen molar-refractivity contribution in [2.75, 3.05) is 25.6 Å². The van der Waals surface area contributed by atoms with Crippen LogP contribution in [0.3, 0.4) is 0 Å². The summed E-state index contributed by atoms with van der Waals surface area (Å²) >= 11 is 0.587. The molecule has 12 nitrogen and oxygen atoms in total. The van der Waals surface area contributed by atoms with Crippen molar-refractivity contribution >= 4 is 49.9 Å². The predicted molar refractivity (Wildman–Crippen MR) is 196 cm³/mol. The number of carbonyl (C=O) groups excluding carboxylic acids is 4. The molecule has 1 aromatic heterocycles. The fraction of sp³-hybridized carbons (Fsp3) is 0.605. The molecule has 2 amide bonds. The number of esters is 1. The lowest BCUT2D eigenvalue weighted by Crippen LogP contribution is -2.62. The minimum atomic E-state index is -3.13. The van der Waals surface area contributed by atoms with Gasteiger partial charge in [-0.15, -0.1) is 0 Å². The first-order valence-electron chi connectivity index (χ1n) is 18.2. The Balaban J connectivity index is 1.16. The SMILES string of the molecule is CCC(=O)O[C@]1(C(=O)SC(=O)N(C)C)CC[C@H]2[C@@H]3CCC4=Cc5c(cnn5-c5cccc(C(=O)NC6CCS(=O)(=O)C6)c5)C[C@]4(C)[C@H]3[C@@H](O)C[C@@]21C. The van der Waals surface area contributed by atoms with Gasteiger partial charge in [0.05, 0.1) is 35.2 Å². The molecular weight excluding hydrogens is 705 g/mol. The van der Waals surface area contributed by atoms with E-state index in [1.165, 1.54) is 10.5 Å². The first-order valence-corrected chi connectivity index (χ1v) is 20.9. The fourth-order valence-electron chi connectivity index (χ4n) is 10.4. The molecule has 0 spiro atoms. The number of hydrogen-bond donors (Lipinski definition) is 2. The number of aromatic nitrogens is 2. The molecule has 7 rings (SSSR count). The van der Waals surface area contributed by atoms with Gasteiger partial charge in [0.2, 0.25) is 5.12 Å². The molecule has 14 heteroatoms. The van der Waals surface area contributed by atoms with Gasteiger partial charge >= 0.3 is 5.97 Å². The molecule has 52 heavy (non-hydrogen) atoms. The monoisotopic (exact) mass is 752 g/mol. The Morgan fingerprint density at radius 3 is 2.62 bits per heavy atom. The van der Waals surface area contributed by atoms with Gasteiger partial charge in [-0.1, -0.05) is 32.4 Å². The highest BCUT2D eigenvalue weighted by Gasteiger charge is 2.71. The summed E-state index contributed by atoms with van der Waals surface area (Å²) in [5, 5.41) is 18.9. The van der Waals surface area contributed by atoms with Gasteiger partial charge in [0.25, 0.3) is 11.1 Å². The minimum absolute atomic E-state index is 0.00489. The number of amides is 2. The van der Waals surface area contributed by atoms with Crippen LogP contribution in [0.4, 0.5) is 4.79 Å². The molecule has 1 saturated heterocycles. The molecule has 1 aliphatic heterocycles. The zero-order valence-electron chi connectivity index (χ0n) is 30.4. The highest BCUT2D eigenvalue weighted by Crippen LogP contribution is 2.69. The normalized spacial score (nSPS) is 34.2. The number of allylic oxidation sites excluding steroid dienone is 1. The first kappa shape index (κ1) is 36.9. The van der Waals surface area contributed by atoms with E-state index in [4.69, 9.17) is 9.84 Å². The van der Waals surface area contributed by atoms with E-state index in [1.807, 2.05) is 23.9 Å². The van der Waals surface area contributed by atoms with Gasteiger partial charge in [0.15, 0.2) is 15.4 Å². The molecule has 5 aliphatic rings. The van der Waals surface area contributed by atoms with E-state index >= 15 is 0 Å². The second kappa shape index (κ2) is 13.1. The Hall–Kier alpha value is -3.49. The molecule has 2 N–H and O–H groups in total. The third-order valence-electron chi connectivity index (χ3n) is 12.9. The molecule has 2 heterocycles. The van der Waals surface area contributed by atoms with Crippen molar-refractivity contribution in [1.82, 2.24) is 20.0 Å². The smallest absolute Gasteiger partial charge is 0.306 e. The Labute approximate surface area is 309 Å². The van der Waals surface area contributed by atoms with E-state index < -0.39 is 49.3 Å². The van der Waals surface area contributed by atoms with E-state index in [9.17, 15) is 32.7 Å². The van der Waals surface area contributed by atoms with Crippen molar-refractivity contribution in [3.05, 3.63) is 52.9 Å². The van der Waals surface area contributed by atoms with Gasteiger partial charge in [0.1, 0.15) is 0 Å². The van der Waals surface area contributed by atoms with Gasteiger partial charge in [-0.3, -0.25) is 19.2 Å². The molecule has 4 aliphatic carbocycles. The van der Waals surface area contributed by atoms with E-state index in [0.29, 0.717) is 43.0 Å². The second-order valence-corrected chi connectivity index (χ2v) is 19.3. The van der Waals surface area contributed by atoms with Gasteiger partial charge in [-0.05, 0) is 98.0 Å². The first-order chi connectivity index (χ1) is 24.5. The quantitative estimate of drug-likeness (QED) is 0.400. The summed E-state index contributed by atoms with van der Waals surface area (Å²) in [6.07, 6.45) is 7.27. The summed E-state index contributed by atoms with van der Waals surface area (Å²) in [6.45, 7) is 5.90. The Bertz CT molecular complexity index is 1980. The van der Waals surface area contributed by atoms with Gasteiger partial charge < -0.3 is 20.1 Å². The lowest BCUT2D eigenvalue weighted by Gasteiger charge is -2.60. The van der Waals surface area contributed by atoms with Crippen molar-refractivity contribution in [1.29, 1.82) is 0 Å². The van der Waals surface area contributed by atoms with Gasteiger partial charge in [-0.25, -0.2) is 13.1 Å². The van der Waals surface area contributed by atoms with Gasteiger partial charge in [-0.2, -0.15) is 5.10 Å². The maximum atomic E-state index is 14.1. The average Bonchev–Trinajstić information content (AvgIpc) is 3.74. The number of rotatable bonds is 6. The van der Waals surface area contributed by atoms with Crippen LogP contribution in [-0.4, -0.2) is 93.8 Å². The number of benzene rings is 1. The molecule has 1 unspecified atom stereocenters.